The Balaban J connectivity index is 2.18. The van der Waals surface area contributed by atoms with Crippen molar-refractivity contribution in [2.24, 2.45) is 0 Å². The molecule has 132 valence electrons. The molecule has 2 N–H and O–H groups in total. The van der Waals surface area contributed by atoms with Crippen LogP contribution >= 0.6 is 0 Å². The van der Waals surface area contributed by atoms with E-state index in [-0.39, 0.29) is 25.0 Å². The lowest BCUT2D eigenvalue weighted by atomic mass is 9.98. The van der Waals surface area contributed by atoms with Crippen LogP contribution in [0.4, 0.5) is 0 Å². The maximum absolute atomic E-state index is 12.4. The van der Waals surface area contributed by atoms with Gasteiger partial charge in [-0.15, -0.1) is 0 Å². The second-order valence-corrected chi connectivity index (χ2v) is 6.51. The number of aliphatic hydroxyl groups excluding tert-OH is 1. The van der Waals surface area contributed by atoms with Crippen molar-refractivity contribution >= 4 is 27.8 Å². The third-order valence-corrected chi connectivity index (χ3v) is 4.49. The molecule has 0 saturated carbocycles. The van der Waals surface area contributed by atoms with E-state index >= 15 is 0 Å². The normalized spacial score (nSPS) is 12.7. The molecule has 0 fully saturated rings. The first-order chi connectivity index (χ1) is 11.8. The molecule has 3 rings (SSSR count). The van der Waals surface area contributed by atoms with Gasteiger partial charge in [0.25, 0.3) is 0 Å². The van der Waals surface area contributed by atoms with Gasteiger partial charge in [0.2, 0.25) is 5.91 Å². The van der Waals surface area contributed by atoms with Crippen LogP contribution in [0.15, 0.2) is 26.0 Å². The largest absolute Gasteiger partial charge is 0.463 e. The highest BCUT2D eigenvalue weighted by Crippen LogP contribution is 2.34. The predicted molar refractivity (Wildman–Crippen MR) is 94.9 cm³/mol. The smallest absolute Gasteiger partial charge is 0.340 e. The quantitative estimate of drug-likeness (QED) is 0.710. The number of fused-ring (bicyclic) bond motifs is 3. The monoisotopic (exact) mass is 343 g/mol. The average Bonchev–Trinajstić information content (AvgIpc) is 2.93. The first-order valence-corrected chi connectivity index (χ1v) is 8.17. The van der Waals surface area contributed by atoms with Gasteiger partial charge in [-0.1, -0.05) is 0 Å². The van der Waals surface area contributed by atoms with Gasteiger partial charge in [0, 0.05) is 11.4 Å². The van der Waals surface area contributed by atoms with Crippen molar-refractivity contribution in [2.45, 2.75) is 40.2 Å². The van der Waals surface area contributed by atoms with Gasteiger partial charge in [-0.3, -0.25) is 4.79 Å². The van der Waals surface area contributed by atoms with Crippen LogP contribution in [0, 0.1) is 20.8 Å². The number of nitrogens with one attached hydrogen (secondary N) is 1. The van der Waals surface area contributed by atoms with Crippen LogP contribution in [0.3, 0.4) is 0 Å². The van der Waals surface area contributed by atoms with Gasteiger partial charge in [0.15, 0.2) is 0 Å². The van der Waals surface area contributed by atoms with E-state index in [9.17, 15) is 9.59 Å². The SMILES string of the molecule is Cc1coc2c1c(C)cc1oc(=O)c(CC(=O)N[C@@H](C)CO)c(C)c12. The molecule has 0 aliphatic heterocycles. The zero-order chi connectivity index (χ0) is 18.3. The van der Waals surface area contributed by atoms with Crippen LogP contribution in [-0.4, -0.2) is 23.7 Å². The van der Waals surface area contributed by atoms with Gasteiger partial charge < -0.3 is 19.3 Å². The minimum Gasteiger partial charge on any atom is -0.463 e. The Bertz CT molecular complexity index is 1030. The molecular formula is C19H21NO5. The molecule has 0 bridgehead atoms. The fourth-order valence-corrected chi connectivity index (χ4v) is 3.21. The summed E-state index contributed by atoms with van der Waals surface area (Å²) in [6.07, 6.45) is 1.57. The maximum atomic E-state index is 12.4. The molecule has 1 atom stereocenters. The van der Waals surface area contributed by atoms with Gasteiger partial charge in [0.05, 0.1) is 30.2 Å². The highest BCUT2D eigenvalue weighted by Gasteiger charge is 2.20. The number of rotatable bonds is 4. The van der Waals surface area contributed by atoms with Crippen molar-refractivity contribution in [2.75, 3.05) is 6.61 Å². The number of hydrogen-bond acceptors (Lipinski definition) is 5. The Hall–Kier alpha value is -2.60. The predicted octanol–water partition coefficient (Wildman–Crippen LogP) is 2.50. The van der Waals surface area contributed by atoms with Gasteiger partial charge in [0.1, 0.15) is 11.2 Å². The summed E-state index contributed by atoms with van der Waals surface area (Å²) in [4.78, 5) is 24.5. The summed E-state index contributed by atoms with van der Waals surface area (Å²) >= 11 is 0. The van der Waals surface area contributed by atoms with Crippen LogP contribution < -0.4 is 10.9 Å². The van der Waals surface area contributed by atoms with Crippen molar-refractivity contribution in [3.05, 3.63) is 45.0 Å². The number of aliphatic hydroxyl groups is 1. The number of hydrogen-bond donors (Lipinski definition) is 2. The van der Waals surface area contributed by atoms with E-state index in [1.165, 1.54) is 0 Å². The van der Waals surface area contributed by atoms with E-state index in [4.69, 9.17) is 13.9 Å². The van der Waals surface area contributed by atoms with Gasteiger partial charge in [-0.25, -0.2) is 4.79 Å². The molecular weight excluding hydrogens is 322 g/mol. The van der Waals surface area contributed by atoms with Crippen LogP contribution in [0.2, 0.25) is 0 Å². The Morgan fingerprint density at radius 2 is 1.96 bits per heavy atom. The average molecular weight is 343 g/mol. The van der Waals surface area contributed by atoms with Crippen molar-refractivity contribution < 1.29 is 18.7 Å². The van der Waals surface area contributed by atoms with E-state index in [1.54, 1.807) is 20.1 Å². The highest BCUT2D eigenvalue weighted by atomic mass is 16.4. The third kappa shape index (κ3) is 2.93. The van der Waals surface area contributed by atoms with Crippen LogP contribution in [0.1, 0.15) is 29.2 Å². The summed E-state index contributed by atoms with van der Waals surface area (Å²) in [5.74, 6) is -0.338. The molecule has 6 nitrogen and oxygen atoms in total. The van der Waals surface area contributed by atoms with Gasteiger partial charge in [-0.2, -0.15) is 0 Å². The molecule has 1 amide bonds. The summed E-state index contributed by atoms with van der Waals surface area (Å²) in [7, 11) is 0. The van der Waals surface area contributed by atoms with Crippen LogP contribution in [-0.2, 0) is 11.2 Å². The zero-order valence-corrected chi connectivity index (χ0v) is 14.7. The second kappa shape index (κ2) is 6.37. The van der Waals surface area contributed by atoms with Gasteiger partial charge in [-0.05, 0) is 50.5 Å². The topological polar surface area (TPSA) is 92.7 Å². The van der Waals surface area contributed by atoms with E-state index in [1.807, 2.05) is 19.9 Å². The first-order valence-electron chi connectivity index (χ1n) is 8.17. The fraction of sp³-hybridized carbons (Fsp3) is 0.368. The van der Waals surface area contributed by atoms with E-state index in [2.05, 4.69) is 5.32 Å². The molecule has 0 unspecified atom stereocenters. The lowest BCUT2D eigenvalue weighted by Crippen LogP contribution is -2.37. The zero-order valence-electron chi connectivity index (χ0n) is 14.7. The molecule has 0 aliphatic rings. The third-order valence-electron chi connectivity index (χ3n) is 4.49. The lowest BCUT2D eigenvalue weighted by molar-refractivity contribution is -0.121. The molecule has 0 radical (unpaired) electrons. The second-order valence-electron chi connectivity index (χ2n) is 6.51. The highest BCUT2D eigenvalue weighted by molar-refractivity contribution is 6.07. The minimum absolute atomic E-state index is 0.108. The Morgan fingerprint density at radius 1 is 1.24 bits per heavy atom. The summed E-state index contributed by atoms with van der Waals surface area (Å²) < 4.78 is 11.2. The van der Waals surface area contributed by atoms with Crippen molar-refractivity contribution in [3.8, 4) is 0 Å². The van der Waals surface area contributed by atoms with E-state index in [0.717, 1.165) is 16.5 Å². The Labute approximate surface area is 144 Å². The molecule has 1 aromatic carbocycles. The molecule has 0 spiro atoms. The number of benzene rings is 1. The summed E-state index contributed by atoms with van der Waals surface area (Å²) in [5, 5.41) is 13.4. The minimum atomic E-state index is -0.529. The van der Waals surface area contributed by atoms with Crippen LogP contribution in [0.25, 0.3) is 21.9 Å². The maximum Gasteiger partial charge on any atom is 0.340 e. The van der Waals surface area contributed by atoms with Crippen molar-refractivity contribution in [3.63, 3.8) is 0 Å². The van der Waals surface area contributed by atoms with Crippen molar-refractivity contribution in [1.82, 2.24) is 5.32 Å². The van der Waals surface area contributed by atoms with Crippen molar-refractivity contribution in [1.29, 1.82) is 0 Å². The molecule has 6 heteroatoms. The number of amides is 1. The Morgan fingerprint density at radius 3 is 2.64 bits per heavy atom. The fourth-order valence-electron chi connectivity index (χ4n) is 3.21. The molecule has 3 aromatic rings. The van der Waals surface area contributed by atoms with E-state index in [0.29, 0.717) is 27.7 Å². The number of carbonyl (C=O) groups excluding carboxylic acids is 1. The Kier molecular flexibility index (Phi) is 4.39. The van der Waals surface area contributed by atoms with E-state index < -0.39 is 5.63 Å². The summed E-state index contributed by atoms with van der Waals surface area (Å²) in [6.45, 7) is 7.22. The number of furan rings is 1. The van der Waals surface area contributed by atoms with Gasteiger partial charge >= 0.3 is 5.63 Å². The molecule has 2 aromatic heterocycles. The summed E-state index contributed by atoms with van der Waals surface area (Å²) in [6, 6.07) is 1.45. The molecule has 2 heterocycles. The number of aryl methyl sites for hydroxylation is 3. The molecule has 0 saturated heterocycles. The first kappa shape index (κ1) is 17.2. The molecule has 25 heavy (non-hydrogen) atoms. The number of carbonyl (C=O) groups is 1. The standard InChI is InChI=1S/C19H21NO5/c1-9-5-14-17(18-16(9)10(2)8-24-18)12(4)13(19(23)25-14)6-15(22)20-11(3)7-21/h5,8,11,21H,6-7H2,1-4H3,(H,20,22)/t11-/m0/s1. The molecule has 0 aliphatic carbocycles. The lowest BCUT2D eigenvalue weighted by Gasteiger charge is -2.12. The summed E-state index contributed by atoms with van der Waals surface area (Å²) in [5.41, 5.74) is 3.55. The van der Waals surface area contributed by atoms with Crippen LogP contribution in [0.5, 0.6) is 0 Å².